The van der Waals surface area contributed by atoms with Gasteiger partial charge < -0.3 is 9.64 Å². The second-order valence-corrected chi connectivity index (χ2v) is 8.40. The van der Waals surface area contributed by atoms with Crippen LogP contribution in [0.5, 0.6) is 0 Å². The van der Waals surface area contributed by atoms with E-state index in [-0.39, 0.29) is 18.5 Å². The second-order valence-electron chi connectivity index (χ2n) is 5.50. The van der Waals surface area contributed by atoms with Crippen molar-refractivity contribution in [2.45, 2.75) is 25.9 Å². The Hall–Kier alpha value is -1.27. The van der Waals surface area contributed by atoms with Crippen molar-refractivity contribution in [1.82, 2.24) is 4.90 Å². The summed E-state index contributed by atoms with van der Waals surface area (Å²) in [7, 11) is 1.79. The van der Waals surface area contributed by atoms with Crippen molar-refractivity contribution in [2.75, 3.05) is 18.8 Å². The normalized spacial score (nSPS) is 16.5. The van der Waals surface area contributed by atoms with Crippen LogP contribution < -0.4 is 0 Å². The molecule has 0 unspecified atom stereocenters. The summed E-state index contributed by atoms with van der Waals surface area (Å²) in [5, 5.41) is 0. The van der Waals surface area contributed by atoms with Gasteiger partial charge >= 0.3 is 6.09 Å². The highest BCUT2D eigenvalue weighted by molar-refractivity contribution is 8.13. The second kappa shape index (κ2) is 7.83. The Kier molecular flexibility index (Phi) is 6.08. The molecule has 0 spiro atoms. The highest BCUT2D eigenvalue weighted by atomic mass is 35.7. The fourth-order valence-electron chi connectivity index (χ4n) is 2.52. The molecule has 2 rings (SSSR count). The van der Waals surface area contributed by atoms with Crippen LogP contribution in [0.1, 0.15) is 24.8 Å². The van der Waals surface area contributed by atoms with Gasteiger partial charge in [-0.1, -0.05) is 30.3 Å². The third-order valence-corrected chi connectivity index (χ3v) is 5.03. The van der Waals surface area contributed by atoms with E-state index < -0.39 is 9.05 Å². The average molecular weight is 346 g/mol. The topological polar surface area (TPSA) is 63.7 Å². The van der Waals surface area contributed by atoms with E-state index in [1.54, 1.807) is 4.90 Å². The molecule has 1 heterocycles. The number of halogens is 1. The summed E-state index contributed by atoms with van der Waals surface area (Å²) in [6, 6.07) is 9.54. The first-order chi connectivity index (χ1) is 10.4. The molecule has 0 bridgehead atoms. The van der Waals surface area contributed by atoms with Gasteiger partial charge in [0.15, 0.2) is 0 Å². The van der Waals surface area contributed by atoms with Gasteiger partial charge in [0.05, 0.1) is 5.75 Å². The molecule has 122 valence electrons. The van der Waals surface area contributed by atoms with Gasteiger partial charge in [0, 0.05) is 23.8 Å². The molecule has 1 aromatic carbocycles. The molecule has 22 heavy (non-hydrogen) atoms. The van der Waals surface area contributed by atoms with Crippen molar-refractivity contribution in [3.05, 3.63) is 35.9 Å². The third-order valence-electron chi connectivity index (χ3n) is 3.85. The number of rotatable bonds is 5. The van der Waals surface area contributed by atoms with E-state index in [4.69, 9.17) is 15.4 Å². The van der Waals surface area contributed by atoms with Gasteiger partial charge in [-0.25, -0.2) is 13.2 Å². The summed E-state index contributed by atoms with van der Waals surface area (Å²) in [5.41, 5.74) is 0.957. The summed E-state index contributed by atoms with van der Waals surface area (Å²) in [4.78, 5) is 13.7. The highest BCUT2D eigenvalue weighted by Gasteiger charge is 2.24. The third kappa shape index (κ3) is 5.85. The van der Waals surface area contributed by atoms with Gasteiger partial charge in [-0.05, 0) is 30.7 Å². The van der Waals surface area contributed by atoms with Gasteiger partial charge in [-0.3, -0.25) is 0 Å². The van der Waals surface area contributed by atoms with Crippen LogP contribution in [0, 0.1) is 5.92 Å². The Bertz CT molecular complexity index is 583. The molecule has 7 heteroatoms. The van der Waals surface area contributed by atoms with Crippen LogP contribution in [-0.4, -0.2) is 38.3 Å². The molecular weight excluding hydrogens is 326 g/mol. The lowest BCUT2D eigenvalue weighted by atomic mass is 9.95. The summed E-state index contributed by atoms with van der Waals surface area (Å²) < 4.78 is 27.2. The number of piperidine rings is 1. The number of carbonyl (C=O) groups excluding carboxylic acids is 1. The highest BCUT2D eigenvalue weighted by Crippen LogP contribution is 2.22. The van der Waals surface area contributed by atoms with Crippen LogP contribution >= 0.6 is 10.7 Å². The molecule has 1 aromatic rings. The Morgan fingerprint density at radius 3 is 2.45 bits per heavy atom. The quantitative estimate of drug-likeness (QED) is 0.769. The Morgan fingerprint density at radius 2 is 1.86 bits per heavy atom. The fraction of sp³-hybridized carbons (Fsp3) is 0.533. The van der Waals surface area contributed by atoms with Gasteiger partial charge in [-0.2, -0.15) is 0 Å². The van der Waals surface area contributed by atoms with Crippen LogP contribution in [0.4, 0.5) is 4.79 Å². The number of carbonyl (C=O) groups is 1. The molecule has 0 aliphatic carbocycles. The Labute approximate surface area is 135 Å². The maximum absolute atomic E-state index is 12.0. The fourth-order valence-corrected chi connectivity index (χ4v) is 3.40. The van der Waals surface area contributed by atoms with Crippen molar-refractivity contribution < 1.29 is 17.9 Å². The molecule has 0 aromatic heterocycles. The Balaban J connectivity index is 1.71. The molecular formula is C15H20ClNO4S. The first kappa shape index (κ1) is 17.1. The molecule has 0 saturated carbocycles. The predicted molar refractivity (Wildman–Crippen MR) is 85.2 cm³/mol. The van der Waals surface area contributed by atoms with Crippen LogP contribution in [0.15, 0.2) is 30.3 Å². The van der Waals surface area contributed by atoms with E-state index in [1.165, 1.54) is 0 Å². The maximum atomic E-state index is 12.0. The molecule has 1 fully saturated rings. The van der Waals surface area contributed by atoms with E-state index in [1.807, 2.05) is 30.3 Å². The number of amides is 1. The number of benzene rings is 1. The van der Waals surface area contributed by atoms with Gasteiger partial charge in [0.25, 0.3) is 0 Å². The lowest BCUT2D eigenvalue weighted by Gasteiger charge is -2.31. The molecule has 1 aliphatic rings. The zero-order valence-electron chi connectivity index (χ0n) is 12.3. The minimum Gasteiger partial charge on any atom is -0.445 e. The molecule has 0 atom stereocenters. The van der Waals surface area contributed by atoms with E-state index in [0.29, 0.717) is 25.4 Å². The van der Waals surface area contributed by atoms with Crippen LogP contribution in [0.3, 0.4) is 0 Å². The number of hydrogen-bond acceptors (Lipinski definition) is 4. The first-order valence-corrected chi connectivity index (χ1v) is 9.80. The smallest absolute Gasteiger partial charge is 0.410 e. The summed E-state index contributed by atoms with van der Waals surface area (Å²) in [6.07, 6.45) is 1.81. The minimum atomic E-state index is -3.43. The van der Waals surface area contributed by atoms with Crippen LogP contribution in [0.2, 0.25) is 0 Å². The van der Waals surface area contributed by atoms with Gasteiger partial charge in [-0.15, -0.1) is 0 Å². The standard InChI is InChI=1S/C15H20ClNO4S/c16-22(19,20)11-8-13-6-9-17(10-7-13)15(18)21-12-14-4-2-1-3-5-14/h1-5,13H,6-12H2. The molecule has 1 aliphatic heterocycles. The summed E-state index contributed by atoms with van der Waals surface area (Å²) >= 11 is 0. The average Bonchev–Trinajstić information content (AvgIpc) is 2.51. The lowest BCUT2D eigenvalue weighted by Crippen LogP contribution is -2.39. The SMILES string of the molecule is O=C(OCc1ccccc1)N1CCC(CCS(=O)(=O)Cl)CC1. The number of nitrogens with zero attached hydrogens (tertiary/aromatic N) is 1. The van der Waals surface area contributed by atoms with Crippen molar-refractivity contribution in [3.8, 4) is 0 Å². The van der Waals surface area contributed by atoms with Gasteiger partial charge in [0.1, 0.15) is 6.61 Å². The van der Waals surface area contributed by atoms with E-state index in [9.17, 15) is 13.2 Å². The number of ether oxygens (including phenoxy) is 1. The van der Waals surface area contributed by atoms with E-state index in [2.05, 4.69) is 0 Å². The molecule has 5 nitrogen and oxygen atoms in total. The van der Waals surface area contributed by atoms with Crippen molar-refractivity contribution in [2.24, 2.45) is 5.92 Å². The summed E-state index contributed by atoms with van der Waals surface area (Å²) in [5.74, 6) is 0.296. The Morgan fingerprint density at radius 1 is 1.23 bits per heavy atom. The van der Waals surface area contributed by atoms with Gasteiger partial charge in [0.2, 0.25) is 9.05 Å². The van der Waals surface area contributed by atoms with Crippen LogP contribution in [0.25, 0.3) is 0 Å². The van der Waals surface area contributed by atoms with Crippen molar-refractivity contribution >= 4 is 25.8 Å². The number of likely N-dealkylation sites (tertiary alicyclic amines) is 1. The first-order valence-electron chi connectivity index (χ1n) is 7.32. The lowest BCUT2D eigenvalue weighted by molar-refractivity contribution is 0.0820. The molecule has 0 N–H and O–H groups in total. The van der Waals surface area contributed by atoms with E-state index >= 15 is 0 Å². The van der Waals surface area contributed by atoms with E-state index in [0.717, 1.165) is 18.4 Å². The molecule has 1 saturated heterocycles. The minimum absolute atomic E-state index is 0.00231. The monoisotopic (exact) mass is 345 g/mol. The zero-order valence-corrected chi connectivity index (χ0v) is 13.9. The maximum Gasteiger partial charge on any atom is 0.410 e. The predicted octanol–water partition coefficient (Wildman–Crippen LogP) is 2.99. The largest absolute Gasteiger partial charge is 0.445 e. The van der Waals surface area contributed by atoms with Crippen molar-refractivity contribution in [1.29, 1.82) is 0 Å². The molecule has 1 amide bonds. The molecule has 0 radical (unpaired) electrons. The number of hydrogen-bond donors (Lipinski definition) is 0. The van der Waals surface area contributed by atoms with Crippen LogP contribution in [-0.2, 0) is 20.4 Å². The zero-order chi connectivity index (χ0) is 16.0. The summed E-state index contributed by atoms with van der Waals surface area (Å²) in [6.45, 7) is 1.46. The van der Waals surface area contributed by atoms with Crippen molar-refractivity contribution in [3.63, 3.8) is 0 Å².